The van der Waals surface area contributed by atoms with Gasteiger partial charge in [0.2, 0.25) is 0 Å². The fraction of sp³-hybridized carbons (Fsp3) is 0.417. The zero-order valence-electron chi connectivity index (χ0n) is 10.9. The Hall–Kier alpha value is -1.73. The lowest BCUT2D eigenvalue weighted by molar-refractivity contribution is 0.102. The number of carbonyl (C=O) groups is 1. The second-order valence-electron chi connectivity index (χ2n) is 4.77. The predicted molar refractivity (Wildman–Crippen MR) is 73.4 cm³/mol. The molecule has 0 unspecified atom stereocenters. The van der Waals surface area contributed by atoms with Crippen LogP contribution in [0.15, 0.2) is 6.07 Å². The number of aromatic nitrogens is 3. The molecule has 0 fully saturated rings. The van der Waals surface area contributed by atoms with Gasteiger partial charge in [-0.2, -0.15) is 5.10 Å². The molecule has 3 rings (SSSR count). The maximum absolute atomic E-state index is 12.0. The van der Waals surface area contributed by atoms with Crippen LogP contribution in [0.5, 0.6) is 0 Å². The van der Waals surface area contributed by atoms with Gasteiger partial charge in [-0.05, 0) is 20.0 Å². The lowest BCUT2D eigenvalue weighted by atomic mass is 10.2. The first-order valence-electron chi connectivity index (χ1n) is 6.12. The fourth-order valence-corrected chi connectivity index (χ4v) is 3.16. The van der Waals surface area contributed by atoms with E-state index in [1.54, 1.807) is 17.4 Å². The van der Waals surface area contributed by atoms with Crippen LogP contribution in [0, 0.1) is 6.92 Å². The molecular weight excluding hydrogens is 262 g/mol. The number of anilines is 1. The van der Waals surface area contributed by atoms with Gasteiger partial charge in [0.1, 0.15) is 0 Å². The zero-order valence-corrected chi connectivity index (χ0v) is 11.7. The molecule has 1 aliphatic rings. The van der Waals surface area contributed by atoms with Gasteiger partial charge in [0, 0.05) is 30.1 Å². The van der Waals surface area contributed by atoms with Crippen molar-refractivity contribution in [2.45, 2.75) is 19.9 Å². The Kier molecular flexibility index (Phi) is 3.08. The molecule has 0 radical (unpaired) electrons. The van der Waals surface area contributed by atoms with Gasteiger partial charge in [0.25, 0.3) is 5.91 Å². The summed E-state index contributed by atoms with van der Waals surface area (Å²) in [6.45, 7) is 3.79. The zero-order chi connectivity index (χ0) is 13.4. The maximum Gasteiger partial charge on any atom is 0.277 e. The highest BCUT2D eigenvalue weighted by Gasteiger charge is 2.19. The molecule has 3 heterocycles. The van der Waals surface area contributed by atoms with Crippen LogP contribution in [0.4, 0.5) is 5.13 Å². The van der Waals surface area contributed by atoms with Crippen molar-refractivity contribution < 1.29 is 4.79 Å². The topological polar surface area (TPSA) is 73.9 Å². The number of amides is 1. The fourth-order valence-electron chi connectivity index (χ4n) is 2.07. The van der Waals surface area contributed by atoms with E-state index in [2.05, 4.69) is 32.4 Å². The van der Waals surface area contributed by atoms with Gasteiger partial charge in [-0.15, -0.1) is 11.3 Å². The molecule has 2 aromatic rings. The van der Waals surface area contributed by atoms with Crippen molar-refractivity contribution in [2.75, 3.05) is 18.9 Å². The van der Waals surface area contributed by atoms with E-state index >= 15 is 0 Å². The highest BCUT2D eigenvalue weighted by molar-refractivity contribution is 7.15. The van der Waals surface area contributed by atoms with Gasteiger partial charge < -0.3 is 4.90 Å². The summed E-state index contributed by atoms with van der Waals surface area (Å²) in [6.07, 6.45) is 0.944. The van der Waals surface area contributed by atoms with Gasteiger partial charge in [0.05, 0.1) is 5.69 Å². The Labute approximate surface area is 114 Å². The lowest BCUT2D eigenvalue weighted by Gasteiger charge is -2.20. The molecule has 7 heteroatoms. The number of hydrogen-bond acceptors (Lipinski definition) is 5. The molecule has 0 saturated carbocycles. The molecule has 1 aliphatic heterocycles. The smallest absolute Gasteiger partial charge is 0.277 e. The molecule has 6 nitrogen and oxygen atoms in total. The summed E-state index contributed by atoms with van der Waals surface area (Å²) in [6, 6.07) is 1.72. The van der Waals surface area contributed by atoms with E-state index in [1.165, 1.54) is 4.88 Å². The largest absolute Gasteiger partial charge is 0.301 e. The molecule has 1 amide bonds. The minimum Gasteiger partial charge on any atom is -0.301 e. The van der Waals surface area contributed by atoms with E-state index < -0.39 is 0 Å². The SMILES string of the molecule is Cc1cc(C(=O)Nc2nc3c(s2)CN(C)CC3)n[nH]1. The normalized spacial score (nSPS) is 15.3. The van der Waals surface area contributed by atoms with Crippen LogP contribution in [0.2, 0.25) is 0 Å². The number of nitrogens with zero attached hydrogens (tertiary/aromatic N) is 3. The van der Waals surface area contributed by atoms with Crippen molar-refractivity contribution >= 4 is 22.4 Å². The molecule has 2 aromatic heterocycles. The number of aromatic amines is 1. The number of carbonyl (C=O) groups excluding carboxylic acids is 1. The highest BCUT2D eigenvalue weighted by Crippen LogP contribution is 2.27. The van der Waals surface area contributed by atoms with Gasteiger partial charge in [-0.3, -0.25) is 15.2 Å². The first-order chi connectivity index (χ1) is 9.11. The number of rotatable bonds is 2. The monoisotopic (exact) mass is 277 g/mol. The number of H-pyrrole nitrogens is 1. The van der Waals surface area contributed by atoms with E-state index in [0.717, 1.165) is 30.9 Å². The average molecular weight is 277 g/mol. The van der Waals surface area contributed by atoms with Crippen LogP contribution in [0.3, 0.4) is 0 Å². The Morgan fingerprint density at radius 2 is 2.42 bits per heavy atom. The Morgan fingerprint density at radius 3 is 3.16 bits per heavy atom. The van der Waals surface area contributed by atoms with Crippen LogP contribution in [0.1, 0.15) is 26.8 Å². The number of likely N-dealkylation sites (N-methyl/N-ethyl adjacent to an activating group) is 1. The summed E-state index contributed by atoms with van der Waals surface area (Å²) in [5.41, 5.74) is 2.37. The summed E-state index contributed by atoms with van der Waals surface area (Å²) in [5.74, 6) is -0.219. The van der Waals surface area contributed by atoms with Crippen molar-refractivity contribution in [2.24, 2.45) is 0 Å². The first kappa shape index (κ1) is 12.3. The third kappa shape index (κ3) is 2.52. The molecule has 0 atom stereocenters. The maximum atomic E-state index is 12.0. The second kappa shape index (κ2) is 4.75. The van der Waals surface area contributed by atoms with Crippen molar-refractivity contribution in [3.63, 3.8) is 0 Å². The molecule has 2 N–H and O–H groups in total. The van der Waals surface area contributed by atoms with Crippen molar-refractivity contribution in [1.29, 1.82) is 0 Å². The quantitative estimate of drug-likeness (QED) is 0.870. The number of fused-ring (bicyclic) bond motifs is 1. The van der Waals surface area contributed by atoms with Gasteiger partial charge in [0.15, 0.2) is 10.8 Å². The summed E-state index contributed by atoms with van der Waals surface area (Å²) in [5, 5.41) is 10.2. The molecule has 0 aromatic carbocycles. The van der Waals surface area contributed by atoms with Crippen LogP contribution in [-0.4, -0.2) is 39.6 Å². The lowest BCUT2D eigenvalue weighted by Crippen LogP contribution is -2.25. The Morgan fingerprint density at radius 1 is 1.58 bits per heavy atom. The van der Waals surface area contributed by atoms with E-state index in [1.807, 2.05) is 6.92 Å². The molecule has 0 aliphatic carbocycles. The summed E-state index contributed by atoms with van der Waals surface area (Å²) >= 11 is 1.55. The molecular formula is C12H15N5OS. The summed E-state index contributed by atoms with van der Waals surface area (Å²) < 4.78 is 0. The predicted octanol–water partition coefficient (Wildman–Crippen LogP) is 1.41. The van der Waals surface area contributed by atoms with Crippen LogP contribution < -0.4 is 5.32 Å². The standard InChI is InChI=1S/C12H15N5OS/c1-7-5-9(16-15-7)11(18)14-12-13-8-3-4-17(2)6-10(8)19-12/h5H,3-4,6H2,1-2H3,(H,15,16)(H,13,14,18). The average Bonchev–Trinajstić information content (AvgIpc) is 2.94. The molecule has 100 valence electrons. The van der Waals surface area contributed by atoms with Gasteiger partial charge in [-0.25, -0.2) is 4.98 Å². The van der Waals surface area contributed by atoms with Gasteiger partial charge >= 0.3 is 0 Å². The Balaban J connectivity index is 1.75. The number of nitrogens with one attached hydrogen (secondary N) is 2. The number of aryl methyl sites for hydroxylation is 1. The van der Waals surface area contributed by atoms with Gasteiger partial charge in [-0.1, -0.05) is 0 Å². The number of hydrogen-bond donors (Lipinski definition) is 2. The van der Waals surface area contributed by atoms with Crippen molar-refractivity contribution in [1.82, 2.24) is 20.1 Å². The molecule has 0 spiro atoms. The molecule has 19 heavy (non-hydrogen) atoms. The van der Waals surface area contributed by atoms with Crippen LogP contribution in [0.25, 0.3) is 0 Å². The van der Waals surface area contributed by atoms with E-state index in [0.29, 0.717) is 10.8 Å². The molecule has 0 saturated heterocycles. The van der Waals surface area contributed by atoms with Crippen molar-refractivity contribution in [3.8, 4) is 0 Å². The summed E-state index contributed by atoms with van der Waals surface area (Å²) in [7, 11) is 2.09. The minimum absolute atomic E-state index is 0.219. The van der Waals surface area contributed by atoms with E-state index in [9.17, 15) is 4.79 Å². The molecule has 0 bridgehead atoms. The third-order valence-electron chi connectivity index (χ3n) is 3.08. The first-order valence-corrected chi connectivity index (χ1v) is 6.94. The van der Waals surface area contributed by atoms with Crippen LogP contribution in [-0.2, 0) is 13.0 Å². The highest BCUT2D eigenvalue weighted by atomic mass is 32.1. The third-order valence-corrected chi connectivity index (χ3v) is 4.08. The van der Waals surface area contributed by atoms with Crippen LogP contribution >= 0.6 is 11.3 Å². The van der Waals surface area contributed by atoms with E-state index in [4.69, 9.17) is 0 Å². The second-order valence-corrected chi connectivity index (χ2v) is 5.85. The van der Waals surface area contributed by atoms with E-state index in [-0.39, 0.29) is 5.91 Å². The number of thiazole rings is 1. The van der Waals surface area contributed by atoms with Crippen molar-refractivity contribution in [3.05, 3.63) is 28.0 Å². The summed E-state index contributed by atoms with van der Waals surface area (Å²) in [4.78, 5) is 19.9. The minimum atomic E-state index is -0.219. The Bertz CT molecular complexity index is 617.